The number of nitrogens with one attached hydrogen (secondary N) is 3. The summed E-state index contributed by atoms with van der Waals surface area (Å²) in [6.07, 6.45) is 0.596. The van der Waals surface area contributed by atoms with Crippen molar-refractivity contribution in [3.05, 3.63) is 71.8 Å². The molecule has 9 nitrogen and oxygen atoms in total. The molecule has 2 aromatic rings. The molecule has 3 N–H and O–H groups in total. The Kier molecular flexibility index (Phi) is 7.56. The number of imide groups is 2. The zero-order valence-electron chi connectivity index (χ0n) is 17.8. The topological polar surface area (TPSA) is 117 Å². The summed E-state index contributed by atoms with van der Waals surface area (Å²) in [4.78, 5) is 51.3. The van der Waals surface area contributed by atoms with Gasteiger partial charge in [-0.2, -0.15) is 0 Å². The SMILES string of the molecule is CCOCCCNC(=O)NC(=O)CN1C(=O)NC(c2ccccc2)(c2ccccc2)C1=O. The van der Waals surface area contributed by atoms with E-state index >= 15 is 0 Å². The molecule has 6 amide bonds. The molecule has 1 heterocycles. The average Bonchev–Trinajstić information content (AvgIpc) is 3.05. The van der Waals surface area contributed by atoms with Crippen LogP contribution in [0.4, 0.5) is 9.59 Å². The largest absolute Gasteiger partial charge is 0.382 e. The third-order valence-electron chi connectivity index (χ3n) is 5.03. The number of nitrogens with zero attached hydrogens (tertiary/aromatic N) is 1. The molecule has 0 unspecified atom stereocenters. The summed E-state index contributed by atoms with van der Waals surface area (Å²) in [6, 6.07) is 16.2. The van der Waals surface area contributed by atoms with Crippen molar-refractivity contribution in [1.82, 2.24) is 20.9 Å². The second kappa shape index (κ2) is 10.5. The molecule has 1 aliphatic rings. The van der Waals surface area contributed by atoms with Crippen LogP contribution in [0, 0.1) is 0 Å². The molecule has 1 saturated heterocycles. The van der Waals surface area contributed by atoms with Gasteiger partial charge in [-0.25, -0.2) is 9.59 Å². The number of carbonyl (C=O) groups excluding carboxylic acids is 4. The lowest BCUT2D eigenvalue weighted by atomic mass is 9.82. The number of ether oxygens (including phenoxy) is 1. The molecule has 168 valence electrons. The standard InChI is InChI=1S/C23H26N4O5/c1-2-32-15-9-14-24-21(30)25-19(28)16-27-20(29)23(26-22(27)31,17-10-5-3-6-11-17)18-12-7-4-8-13-18/h3-8,10-13H,2,9,14-16H2,1H3,(H,26,31)(H2,24,25,28,30). The van der Waals surface area contributed by atoms with Crippen LogP contribution in [0.2, 0.25) is 0 Å². The summed E-state index contributed by atoms with van der Waals surface area (Å²) in [7, 11) is 0. The molecule has 0 aliphatic carbocycles. The molecular formula is C23H26N4O5. The summed E-state index contributed by atoms with van der Waals surface area (Å²) in [6.45, 7) is 2.70. The first-order valence-electron chi connectivity index (χ1n) is 10.4. The maximum absolute atomic E-state index is 13.5. The van der Waals surface area contributed by atoms with E-state index < -0.39 is 36.0 Å². The lowest BCUT2D eigenvalue weighted by Crippen LogP contribution is -2.48. The summed E-state index contributed by atoms with van der Waals surface area (Å²) < 4.78 is 5.17. The van der Waals surface area contributed by atoms with Crippen LogP contribution in [-0.2, 0) is 19.9 Å². The molecule has 0 atom stereocenters. The first kappa shape index (κ1) is 23.0. The molecular weight excluding hydrogens is 412 g/mol. The van der Waals surface area contributed by atoms with E-state index in [1.807, 2.05) is 19.1 Å². The third-order valence-corrected chi connectivity index (χ3v) is 5.03. The van der Waals surface area contributed by atoms with Gasteiger partial charge >= 0.3 is 12.1 Å². The van der Waals surface area contributed by atoms with E-state index in [9.17, 15) is 19.2 Å². The predicted molar refractivity (Wildman–Crippen MR) is 117 cm³/mol. The summed E-state index contributed by atoms with van der Waals surface area (Å²) in [5.74, 6) is -1.36. The fraction of sp³-hybridized carbons (Fsp3) is 0.304. The van der Waals surface area contributed by atoms with Crippen molar-refractivity contribution in [2.45, 2.75) is 18.9 Å². The van der Waals surface area contributed by atoms with Gasteiger partial charge in [0, 0.05) is 19.8 Å². The van der Waals surface area contributed by atoms with Gasteiger partial charge in [0.25, 0.3) is 5.91 Å². The van der Waals surface area contributed by atoms with Gasteiger partial charge in [-0.3, -0.25) is 19.8 Å². The highest BCUT2D eigenvalue weighted by molar-refractivity contribution is 6.12. The molecule has 0 saturated carbocycles. The quantitative estimate of drug-likeness (QED) is 0.407. The minimum absolute atomic E-state index is 0.327. The van der Waals surface area contributed by atoms with Crippen molar-refractivity contribution in [3.63, 3.8) is 0 Å². The van der Waals surface area contributed by atoms with Gasteiger partial charge in [-0.05, 0) is 24.5 Å². The predicted octanol–water partition coefficient (Wildman–Crippen LogP) is 1.73. The van der Waals surface area contributed by atoms with Crippen LogP contribution in [0.25, 0.3) is 0 Å². The number of amides is 6. The van der Waals surface area contributed by atoms with Crippen molar-refractivity contribution < 1.29 is 23.9 Å². The molecule has 0 spiro atoms. The second-order valence-electron chi connectivity index (χ2n) is 7.16. The van der Waals surface area contributed by atoms with Crippen molar-refractivity contribution in [2.24, 2.45) is 0 Å². The van der Waals surface area contributed by atoms with Crippen LogP contribution in [0.1, 0.15) is 24.5 Å². The maximum atomic E-state index is 13.5. The summed E-state index contributed by atoms with van der Waals surface area (Å²) in [5.41, 5.74) is -0.319. The van der Waals surface area contributed by atoms with E-state index in [2.05, 4.69) is 16.0 Å². The van der Waals surface area contributed by atoms with Crippen molar-refractivity contribution in [2.75, 3.05) is 26.3 Å². The Bertz CT molecular complexity index is 925. The Morgan fingerprint density at radius 3 is 2.16 bits per heavy atom. The van der Waals surface area contributed by atoms with E-state index in [0.717, 1.165) is 4.90 Å². The van der Waals surface area contributed by atoms with E-state index in [-0.39, 0.29) is 0 Å². The fourth-order valence-electron chi connectivity index (χ4n) is 3.53. The van der Waals surface area contributed by atoms with Crippen LogP contribution in [0.5, 0.6) is 0 Å². The minimum atomic E-state index is -1.46. The van der Waals surface area contributed by atoms with Crippen molar-refractivity contribution in [3.8, 4) is 0 Å². The van der Waals surface area contributed by atoms with Gasteiger partial charge in [0.15, 0.2) is 5.54 Å². The Labute approximate surface area is 186 Å². The average molecular weight is 438 g/mol. The van der Waals surface area contributed by atoms with Gasteiger partial charge in [0.1, 0.15) is 6.54 Å². The second-order valence-corrected chi connectivity index (χ2v) is 7.16. The van der Waals surface area contributed by atoms with Crippen LogP contribution in [0.3, 0.4) is 0 Å². The highest BCUT2D eigenvalue weighted by Crippen LogP contribution is 2.35. The Balaban J connectivity index is 1.71. The lowest BCUT2D eigenvalue weighted by Gasteiger charge is -2.27. The first-order valence-corrected chi connectivity index (χ1v) is 10.4. The number of benzene rings is 2. The molecule has 32 heavy (non-hydrogen) atoms. The zero-order chi connectivity index (χ0) is 23.0. The Morgan fingerprint density at radius 1 is 1.00 bits per heavy atom. The van der Waals surface area contributed by atoms with Gasteiger partial charge in [0.2, 0.25) is 5.91 Å². The Hall–Kier alpha value is -3.72. The normalized spacial score (nSPS) is 14.7. The molecule has 2 aromatic carbocycles. The summed E-state index contributed by atoms with van der Waals surface area (Å²) in [5, 5.41) is 7.43. The molecule has 0 bridgehead atoms. The molecule has 3 rings (SSSR count). The van der Waals surface area contributed by atoms with Crippen molar-refractivity contribution >= 4 is 23.9 Å². The zero-order valence-corrected chi connectivity index (χ0v) is 17.8. The highest BCUT2D eigenvalue weighted by atomic mass is 16.5. The molecule has 9 heteroatoms. The number of hydrogen-bond donors (Lipinski definition) is 3. The number of hydrogen-bond acceptors (Lipinski definition) is 5. The lowest BCUT2D eigenvalue weighted by molar-refractivity contribution is -0.134. The van der Waals surface area contributed by atoms with Crippen LogP contribution >= 0.6 is 0 Å². The van der Waals surface area contributed by atoms with Crippen LogP contribution < -0.4 is 16.0 Å². The van der Waals surface area contributed by atoms with Crippen LogP contribution in [0.15, 0.2) is 60.7 Å². The van der Waals surface area contributed by atoms with Gasteiger partial charge in [-0.1, -0.05) is 60.7 Å². The van der Waals surface area contributed by atoms with E-state index in [1.165, 1.54) is 0 Å². The number of carbonyl (C=O) groups is 4. The molecule has 0 aromatic heterocycles. The summed E-state index contributed by atoms with van der Waals surface area (Å²) >= 11 is 0. The van der Waals surface area contributed by atoms with Crippen LogP contribution in [-0.4, -0.2) is 55.1 Å². The van der Waals surface area contributed by atoms with E-state index in [0.29, 0.717) is 37.3 Å². The van der Waals surface area contributed by atoms with Gasteiger partial charge in [0.05, 0.1) is 0 Å². The molecule has 1 aliphatic heterocycles. The fourth-order valence-corrected chi connectivity index (χ4v) is 3.53. The molecule has 1 fully saturated rings. The highest BCUT2D eigenvalue weighted by Gasteiger charge is 2.54. The monoisotopic (exact) mass is 438 g/mol. The number of rotatable bonds is 9. The third kappa shape index (κ3) is 4.94. The van der Waals surface area contributed by atoms with Gasteiger partial charge < -0.3 is 15.4 Å². The van der Waals surface area contributed by atoms with Crippen molar-refractivity contribution in [1.29, 1.82) is 0 Å². The minimum Gasteiger partial charge on any atom is -0.382 e. The van der Waals surface area contributed by atoms with Gasteiger partial charge in [-0.15, -0.1) is 0 Å². The molecule has 0 radical (unpaired) electrons. The van der Waals surface area contributed by atoms with E-state index in [4.69, 9.17) is 4.74 Å². The van der Waals surface area contributed by atoms with E-state index in [1.54, 1.807) is 48.5 Å². The number of urea groups is 2. The smallest absolute Gasteiger partial charge is 0.326 e. The maximum Gasteiger partial charge on any atom is 0.326 e. The first-order chi connectivity index (χ1) is 15.5. The Morgan fingerprint density at radius 2 is 1.59 bits per heavy atom.